The van der Waals surface area contributed by atoms with E-state index in [-0.39, 0.29) is 0 Å². The summed E-state index contributed by atoms with van der Waals surface area (Å²) in [5.74, 6) is 0. The first-order valence-electron chi connectivity index (χ1n) is 8.67. The largest absolute Gasteiger partial charge is 0.369 e. The predicted molar refractivity (Wildman–Crippen MR) is 98.6 cm³/mol. The fourth-order valence-electron chi connectivity index (χ4n) is 3.52. The van der Waals surface area contributed by atoms with Gasteiger partial charge in [0.15, 0.2) is 0 Å². The van der Waals surface area contributed by atoms with Crippen molar-refractivity contribution in [1.82, 2.24) is 14.3 Å². The maximum atomic E-state index is 4.72. The number of fused-ring (bicyclic) bond motifs is 1. The van der Waals surface area contributed by atoms with Gasteiger partial charge in [-0.05, 0) is 43.2 Å². The van der Waals surface area contributed by atoms with Crippen molar-refractivity contribution in [2.24, 2.45) is 0 Å². The van der Waals surface area contributed by atoms with Gasteiger partial charge in [0.05, 0.1) is 5.69 Å². The van der Waals surface area contributed by atoms with Gasteiger partial charge in [0.1, 0.15) is 5.65 Å². The molecule has 0 bridgehead atoms. The van der Waals surface area contributed by atoms with Gasteiger partial charge < -0.3 is 9.30 Å². The van der Waals surface area contributed by atoms with Crippen LogP contribution in [-0.2, 0) is 6.54 Å². The van der Waals surface area contributed by atoms with Crippen molar-refractivity contribution < 1.29 is 0 Å². The molecule has 2 aromatic heterocycles. The number of aryl methyl sites for hydroxylation is 1. The SMILES string of the molecule is Cc1cccc(N2CCN(Cc3cn4ccccc4n3)CC2)c1C. The molecule has 0 radical (unpaired) electrons. The Morgan fingerprint density at radius 1 is 0.958 bits per heavy atom. The standard InChI is InChI=1S/C20H24N4/c1-16-6-5-7-19(17(16)2)23-12-10-22(11-13-23)14-18-15-24-9-4-3-8-20(24)21-18/h3-9,15H,10-14H2,1-2H3. The molecule has 4 heteroatoms. The minimum absolute atomic E-state index is 0.933. The summed E-state index contributed by atoms with van der Waals surface area (Å²) in [6, 6.07) is 12.7. The molecule has 0 atom stereocenters. The van der Waals surface area contributed by atoms with E-state index in [1.165, 1.54) is 16.8 Å². The molecular formula is C20H24N4. The van der Waals surface area contributed by atoms with Gasteiger partial charge in [0.25, 0.3) is 0 Å². The maximum absolute atomic E-state index is 4.72. The van der Waals surface area contributed by atoms with E-state index in [9.17, 15) is 0 Å². The zero-order valence-corrected chi connectivity index (χ0v) is 14.4. The van der Waals surface area contributed by atoms with E-state index in [1.807, 2.05) is 12.1 Å². The molecule has 0 aliphatic carbocycles. The third-order valence-electron chi connectivity index (χ3n) is 5.09. The lowest BCUT2D eigenvalue weighted by Gasteiger charge is -2.36. The summed E-state index contributed by atoms with van der Waals surface area (Å²) in [6.07, 6.45) is 4.21. The van der Waals surface area contributed by atoms with Crippen molar-refractivity contribution in [2.45, 2.75) is 20.4 Å². The Hall–Kier alpha value is -2.33. The fraction of sp³-hybridized carbons (Fsp3) is 0.350. The maximum Gasteiger partial charge on any atom is 0.137 e. The lowest BCUT2D eigenvalue weighted by Crippen LogP contribution is -2.46. The predicted octanol–water partition coefficient (Wildman–Crippen LogP) is 3.27. The van der Waals surface area contributed by atoms with E-state index in [2.05, 4.69) is 64.7 Å². The van der Waals surface area contributed by atoms with Crippen LogP contribution in [0.1, 0.15) is 16.8 Å². The third kappa shape index (κ3) is 2.89. The summed E-state index contributed by atoms with van der Waals surface area (Å²) in [5.41, 5.74) is 6.36. The number of nitrogens with zero attached hydrogens (tertiary/aromatic N) is 4. The van der Waals surface area contributed by atoms with Crippen LogP contribution in [0.25, 0.3) is 5.65 Å². The minimum Gasteiger partial charge on any atom is -0.369 e. The number of piperazine rings is 1. The Morgan fingerprint density at radius 3 is 2.58 bits per heavy atom. The molecule has 3 heterocycles. The van der Waals surface area contributed by atoms with Gasteiger partial charge in [-0.2, -0.15) is 0 Å². The molecule has 1 aromatic carbocycles. The number of rotatable bonds is 3. The topological polar surface area (TPSA) is 23.8 Å². The van der Waals surface area contributed by atoms with Crippen LogP contribution in [0.15, 0.2) is 48.8 Å². The molecule has 0 spiro atoms. The van der Waals surface area contributed by atoms with Crippen LogP contribution in [0.2, 0.25) is 0 Å². The summed E-state index contributed by atoms with van der Waals surface area (Å²) in [4.78, 5) is 9.74. The molecule has 0 saturated carbocycles. The number of pyridine rings is 1. The van der Waals surface area contributed by atoms with Gasteiger partial charge in [0.2, 0.25) is 0 Å². The summed E-state index contributed by atoms with van der Waals surface area (Å²) in [7, 11) is 0. The van der Waals surface area contributed by atoms with Crippen molar-refractivity contribution in [3.63, 3.8) is 0 Å². The Labute approximate surface area is 143 Å². The second kappa shape index (κ2) is 6.29. The Kier molecular flexibility index (Phi) is 3.98. The molecule has 3 aromatic rings. The third-order valence-corrected chi connectivity index (χ3v) is 5.09. The van der Waals surface area contributed by atoms with E-state index < -0.39 is 0 Å². The molecule has 0 N–H and O–H groups in total. The van der Waals surface area contributed by atoms with Crippen LogP contribution in [-0.4, -0.2) is 40.5 Å². The minimum atomic E-state index is 0.933. The Balaban J connectivity index is 1.41. The monoisotopic (exact) mass is 320 g/mol. The van der Waals surface area contributed by atoms with Crippen molar-refractivity contribution in [3.8, 4) is 0 Å². The molecule has 1 saturated heterocycles. The summed E-state index contributed by atoms with van der Waals surface area (Å²) in [5, 5.41) is 0. The van der Waals surface area contributed by atoms with Crippen molar-refractivity contribution >= 4 is 11.3 Å². The van der Waals surface area contributed by atoms with Crippen LogP contribution < -0.4 is 4.90 Å². The normalized spacial score (nSPS) is 16.0. The molecule has 0 amide bonds. The van der Waals surface area contributed by atoms with Gasteiger partial charge >= 0.3 is 0 Å². The van der Waals surface area contributed by atoms with E-state index in [4.69, 9.17) is 4.98 Å². The summed E-state index contributed by atoms with van der Waals surface area (Å²) >= 11 is 0. The van der Waals surface area contributed by atoms with Crippen LogP contribution in [0.3, 0.4) is 0 Å². The van der Waals surface area contributed by atoms with Gasteiger partial charge in [-0.15, -0.1) is 0 Å². The fourth-order valence-corrected chi connectivity index (χ4v) is 3.52. The molecule has 4 rings (SSSR count). The smallest absolute Gasteiger partial charge is 0.137 e. The number of benzene rings is 1. The van der Waals surface area contributed by atoms with Gasteiger partial charge in [-0.25, -0.2) is 4.98 Å². The first kappa shape index (κ1) is 15.2. The number of hydrogen-bond donors (Lipinski definition) is 0. The first-order chi connectivity index (χ1) is 11.7. The molecule has 24 heavy (non-hydrogen) atoms. The number of aromatic nitrogens is 2. The van der Waals surface area contributed by atoms with E-state index in [1.54, 1.807) is 0 Å². The van der Waals surface area contributed by atoms with E-state index in [0.29, 0.717) is 0 Å². The summed E-state index contributed by atoms with van der Waals surface area (Å²) < 4.78 is 2.10. The average molecular weight is 320 g/mol. The molecule has 1 aliphatic rings. The van der Waals surface area contributed by atoms with Gasteiger partial charge in [-0.3, -0.25) is 4.90 Å². The van der Waals surface area contributed by atoms with Crippen molar-refractivity contribution in [2.75, 3.05) is 31.1 Å². The highest BCUT2D eigenvalue weighted by atomic mass is 15.3. The first-order valence-corrected chi connectivity index (χ1v) is 8.67. The highest BCUT2D eigenvalue weighted by Gasteiger charge is 2.19. The zero-order chi connectivity index (χ0) is 16.5. The molecule has 1 fully saturated rings. The van der Waals surface area contributed by atoms with Crippen LogP contribution in [0.5, 0.6) is 0 Å². The van der Waals surface area contributed by atoms with Crippen LogP contribution in [0, 0.1) is 13.8 Å². The lowest BCUT2D eigenvalue weighted by atomic mass is 10.1. The average Bonchev–Trinajstić information content (AvgIpc) is 3.00. The van der Waals surface area contributed by atoms with Crippen LogP contribution >= 0.6 is 0 Å². The van der Waals surface area contributed by atoms with Crippen LogP contribution in [0.4, 0.5) is 5.69 Å². The second-order valence-electron chi connectivity index (χ2n) is 6.68. The molecule has 0 unspecified atom stereocenters. The lowest BCUT2D eigenvalue weighted by molar-refractivity contribution is 0.247. The number of anilines is 1. The number of imidazole rings is 1. The molecule has 4 nitrogen and oxygen atoms in total. The highest BCUT2D eigenvalue weighted by molar-refractivity contribution is 5.56. The quantitative estimate of drug-likeness (QED) is 0.740. The summed E-state index contributed by atoms with van der Waals surface area (Å²) in [6.45, 7) is 9.69. The second-order valence-corrected chi connectivity index (χ2v) is 6.68. The molecular weight excluding hydrogens is 296 g/mol. The zero-order valence-electron chi connectivity index (χ0n) is 14.4. The molecule has 124 valence electrons. The van der Waals surface area contributed by atoms with Gasteiger partial charge in [0, 0.05) is 50.8 Å². The van der Waals surface area contributed by atoms with Crippen molar-refractivity contribution in [3.05, 3.63) is 65.6 Å². The van der Waals surface area contributed by atoms with Gasteiger partial charge in [-0.1, -0.05) is 18.2 Å². The van der Waals surface area contributed by atoms with Crippen molar-refractivity contribution in [1.29, 1.82) is 0 Å². The molecule has 1 aliphatic heterocycles. The highest BCUT2D eigenvalue weighted by Crippen LogP contribution is 2.24. The van der Waals surface area contributed by atoms with E-state index >= 15 is 0 Å². The van der Waals surface area contributed by atoms with E-state index in [0.717, 1.165) is 44.1 Å². The Morgan fingerprint density at radius 2 is 1.79 bits per heavy atom. The number of hydrogen-bond acceptors (Lipinski definition) is 3. The Bertz CT molecular complexity index is 811.